The van der Waals surface area contributed by atoms with Gasteiger partial charge in [-0.1, -0.05) is 36.4 Å². The van der Waals surface area contributed by atoms with Crippen LogP contribution in [-0.4, -0.2) is 37.7 Å². The monoisotopic (exact) mass is 388 g/mol. The maximum Gasteiger partial charge on any atom is 0.303 e. The van der Waals surface area contributed by atoms with E-state index in [0.29, 0.717) is 6.42 Å². The van der Waals surface area contributed by atoms with Crippen LogP contribution in [0.2, 0.25) is 0 Å². The van der Waals surface area contributed by atoms with Gasteiger partial charge >= 0.3 is 5.97 Å². The molecule has 1 aliphatic rings. The number of hydrogen-bond donors (Lipinski definition) is 1. The second-order valence-electron chi connectivity index (χ2n) is 6.92. The first kappa shape index (κ1) is 18.7. The van der Waals surface area contributed by atoms with Gasteiger partial charge in [-0.25, -0.2) is 5.01 Å². The summed E-state index contributed by atoms with van der Waals surface area (Å²) in [6, 6.07) is 15.3. The molecule has 0 bridgehead atoms. The van der Waals surface area contributed by atoms with Crippen molar-refractivity contribution in [3.05, 3.63) is 72.1 Å². The topological polar surface area (TPSA) is 95.8 Å². The van der Waals surface area contributed by atoms with Gasteiger partial charge in [0.1, 0.15) is 0 Å². The quantitative estimate of drug-likeness (QED) is 0.696. The molecule has 1 atom stereocenters. The van der Waals surface area contributed by atoms with Crippen LogP contribution in [0.5, 0.6) is 0 Å². The van der Waals surface area contributed by atoms with Crippen molar-refractivity contribution >= 4 is 28.6 Å². The fourth-order valence-corrected chi connectivity index (χ4v) is 3.50. The van der Waals surface area contributed by atoms with Crippen molar-refractivity contribution in [2.75, 3.05) is 0 Å². The van der Waals surface area contributed by atoms with Gasteiger partial charge in [0, 0.05) is 31.7 Å². The van der Waals surface area contributed by atoms with Crippen molar-refractivity contribution in [2.45, 2.75) is 31.7 Å². The Hall–Kier alpha value is -3.61. The molecule has 3 aromatic rings. The number of carboxylic acid groups (broad SMARTS) is 1. The Balaban J connectivity index is 1.64. The molecule has 7 heteroatoms. The molecule has 1 N–H and O–H groups in total. The van der Waals surface area contributed by atoms with Gasteiger partial charge in [0.2, 0.25) is 5.91 Å². The van der Waals surface area contributed by atoms with Crippen molar-refractivity contribution in [3.8, 4) is 0 Å². The highest BCUT2D eigenvalue weighted by Gasteiger charge is 2.33. The fourth-order valence-electron chi connectivity index (χ4n) is 3.50. The van der Waals surface area contributed by atoms with Crippen LogP contribution in [0.15, 0.2) is 66.0 Å². The summed E-state index contributed by atoms with van der Waals surface area (Å²) in [4.78, 5) is 32.3. The lowest BCUT2D eigenvalue weighted by atomic mass is 9.98. The fraction of sp³-hybridized carbons (Fsp3) is 0.227. The van der Waals surface area contributed by atoms with Crippen LogP contribution < -0.4 is 0 Å². The molecule has 0 unspecified atom stereocenters. The molecule has 0 spiro atoms. The van der Waals surface area contributed by atoms with Crippen molar-refractivity contribution in [1.82, 2.24) is 15.0 Å². The molecule has 1 aliphatic heterocycles. The van der Waals surface area contributed by atoms with Crippen LogP contribution in [0.25, 0.3) is 11.0 Å². The number of fused-ring (bicyclic) bond motifs is 1. The predicted octanol–water partition coefficient (Wildman–Crippen LogP) is 3.56. The van der Waals surface area contributed by atoms with Gasteiger partial charge < -0.3 is 5.11 Å². The maximum absolute atomic E-state index is 12.8. The lowest BCUT2D eigenvalue weighted by Gasteiger charge is -2.22. The third kappa shape index (κ3) is 4.13. The summed E-state index contributed by atoms with van der Waals surface area (Å²) in [5.41, 5.74) is 4.29. The molecule has 146 valence electrons. The van der Waals surface area contributed by atoms with Crippen LogP contribution in [-0.2, 0) is 9.59 Å². The number of hydrogen-bond acceptors (Lipinski definition) is 5. The molecule has 2 heterocycles. The number of amides is 1. The van der Waals surface area contributed by atoms with Crippen LogP contribution in [0.3, 0.4) is 0 Å². The largest absolute Gasteiger partial charge is 0.481 e. The SMILES string of the molecule is O=C(O)CCCC(=O)N1N=C(c2ccccc2)C[C@@H]1c1ccc2nccnc2c1. The minimum absolute atomic E-state index is 0.0366. The molecule has 4 rings (SSSR count). The highest BCUT2D eigenvalue weighted by Crippen LogP contribution is 2.34. The smallest absolute Gasteiger partial charge is 0.303 e. The van der Waals surface area contributed by atoms with Gasteiger partial charge in [0.15, 0.2) is 0 Å². The van der Waals surface area contributed by atoms with Gasteiger partial charge in [-0.2, -0.15) is 5.10 Å². The van der Waals surface area contributed by atoms with E-state index < -0.39 is 5.97 Å². The van der Waals surface area contributed by atoms with Gasteiger partial charge in [0.05, 0.1) is 22.8 Å². The molecule has 0 radical (unpaired) electrons. The lowest BCUT2D eigenvalue weighted by Crippen LogP contribution is -2.27. The van der Waals surface area contributed by atoms with E-state index in [1.165, 1.54) is 5.01 Å². The van der Waals surface area contributed by atoms with Gasteiger partial charge in [-0.15, -0.1) is 0 Å². The zero-order valence-corrected chi connectivity index (χ0v) is 15.7. The second-order valence-corrected chi connectivity index (χ2v) is 6.92. The van der Waals surface area contributed by atoms with Crippen molar-refractivity contribution in [3.63, 3.8) is 0 Å². The van der Waals surface area contributed by atoms with Gasteiger partial charge in [-0.05, 0) is 29.7 Å². The van der Waals surface area contributed by atoms with Crippen LogP contribution in [0.4, 0.5) is 0 Å². The number of carbonyl (C=O) groups is 2. The second kappa shape index (κ2) is 8.18. The molecular weight excluding hydrogens is 368 g/mol. The van der Waals surface area contributed by atoms with E-state index in [-0.39, 0.29) is 31.2 Å². The number of nitrogens with zero attached hydrogens (tertiary/aromatic N) is 4. The van der Waals surface area contributed by atoms with E-state index in [4.69, 9.17) is 5.11 Å². The molecule has 0 fully saturated rings. The number of hydrazone groups is 1. The Labute approximate surface area is 167 Å². The van der Waals surface area contributed by atoms with Crippen molar-refractivity contribution in [2.24, 2.45) is 5.10 Å². The molecular formula is C22H20N4O3. The van der Waals surface area contributed by atoms with Crippen LogP contribution in [0.1, 0.15) is 42.9 Å². The maximum atomic E-state index is 12.8. The minimum Gasteiger partial charge on any atom is -0.481 e. The summed E-state index contributed by atoms with van der Waals surface area (Å²) in [6.07, 6.45) is 4.26. The first-order valence-corrected chi connectivity index (χ1v) is 9.49. The summed E-state index contributed by atoms with van der Waals surface area (Å²) < 4.78 is 0. The zero-order valence-electron chi connectivity index (χ0n) is 15.7. The summed E-state index contributed by atoms with van der Waals surface area (Å²) in [6.45, 7) is 0. The van der Waals surface area contributed by atoms with E-state index in [9.17, 15) is 9.59 Å². The Morgan fingerprint density at radius 1 is 1.00 bits per heavy atom. The van der Waals surface area contributed by atoms with E-state index in [1.54, 1.807) is 12.4 Å². The summed E-state index contributed by atoms with van der Waals surface area (Å²) in [5.74, 6) is -1.08. The molecule has 2 aromatic carbocycles. The van der Waals surface area contributed by atoms with Gasteiger partial charge in [-0.3, -0.25) is 19.6 Å². The number of aromatic nitrogens is 2. The number of rotatable bonds is 6. The molecule has 0 aliphatic carbocycles. The van der Waals surface area contributed by atoms with Crippen LogP contribution in [0, 0.1) is 0 Å². The number of carboxylic acids is 1. The Bertz CT molecular complexity index is 1080. The predicted molar refractivity (Wildman–Crippen MR) is 108 cm³/mol. The average Bonchev–Trinajstić information content (AvgIpc) is 3.19. The van der Waals surface area contributed by atoms with E-state index >= 15 is 0 Å². The number of aliphatic carboxylic acids is 1. The number of benzene rings is 2. The molecule has 0 saturated carbocycles. The summed E-state index contributed by atoms with van der Waals surface area (Å²) in [5, 5.41) is 15.0. The van der Waals surface area contributed by atoms with Gasteiger partial charge in [0.25, 0.3) is 0 Å². The average molecular weight is 388 g/mol. The van der Waals surface area contributed by atoms with E-state index in [0.717, 1.165) is 27.9 Å². The highest BCUT2D eigenvalue weighted by molar-refractivity contribution is 6.03. The summed E-state index contributed by atoms with van der Waals surface area (Å²) in [7, 11) is 0. The number of carbonyl (C=O) groups excluding carboxylic acids is 1. The minimum atomic E-state index is -0.905. The Kier molecular flexibility index (Phi) is 5.29. The third-order valence-electron chi connectivity index (χ3n) is 4.93. The lowest BCUT2D eigenvalue weighted by molar-refractivity contribution is -0.137. The van der Waals surface area contributed by atoms with Crippen molar-refractivity contribution < 1.29 is 14.7 Å². The van der Waals surface area contributed by atoms with E-state index in [2.05, 4.69) is 15.1 Å². The molecule has 0 saturated heterocycles. The molecule has 1 aromatic heterocycles. The van der Waals surface area contributed by atoms with Crippen molar-refractivity contribution in [1.29, 1.82) is 0 Å². The molecule has 29 heavy (non-hydrogen) atoms. The summed E-state index contributed by atoms with van der Waals surface area (Å²) >= 11 is 0. The normalized spacial score (nSPS) is 16.1. The molecule has 1 amide bonds. The Morgan fingerprint density at radius 3 is 2.52 bits per heavy atom. The Morgan fingerprint density at radius 2 is 1.76 bits per heavy atom. The standard InChI is InChI=1S/C22H20N4O3/c27-21(7-4-8-22(28)29)26-20(14-18(25-26)15-5-2-1-3-6-15)16-9-10-17-19(13-16)24-12-11-23-17/h1-3,5-6,9-13,20H,4,7-8,14H2,(H,28,29)/t20-/m1/s1. The first-order valence-electron chi connectivity index (χ1n) is 9.49. The molecule has 7 nitrogen and oxygen atoms in total. The third-order valence-corrected chi connectivity index (χ3v) is 4.93. The van der Waals surface area contributed by atoms with E-state index in [1.807, 2.05) is 48.5 Å². The zero-order chi connectivity index (χ0) is 20.2. The first-order chi connectivity index (χ1) is 14.1. The van der Waals surface area contributed by atoms with Crippen LogP contribution >= 0.6 is 0 Å². The highest BCUT2D eigenvalue weighted by atomic mass is 16.4.